The molecule has 1 saturated heterocycles. The third-order valence-electron chi connectivity index (χ3n) is 6.94. The van der Waals surface area contributed by atoms with Gasteiger partial charge in [-0.1, -0.05) is 24.6 Å². The molecular weight excluding hydrogens is 551 g/mol. The number of carbonyl (C=O) groups excluding carboxylic acids is 1. The number of carbonyl (C=O) groups is 1. The van der Waals surface area contributed by atoms with Gasteiger partial charge < -0.3 is 24.8 Å². The van der Waals surface area contributed by atoms with Gasteiger partial charge in [0.05, 0.1) is 35.2 Å². The molecule has 40 heavy (non-hydrogen) atoms. The molecule has 4 heterocycles. The first-order chi connectivity index (χ1) is 19.1. The molecule has 0 unspecified atom stereocenters. The van der Waals surface area contributed by atoms with Gasteiger partial charge in [0.2, 0.25) is 11.7 Å². The highest BCUT2D eigenvalue weighted by molar-refractivity contribution is 6.34. The molecule has 1 fully saturated rings. The number of piperazine rings is 1. The van der Waals surface area contributed by atoms with Gasteiger partial charge in [-0.25, -0.2) is 0 Å². The van der Waals surface area contributed by atoms with Crippen LogP contribution < -0.4 is 21.1 Å². The lowest BCUT2D eigenvalue weighted by Gasteiger charge is -2.31. The number of rotatable bonds is 6. The quantitative estimate of drug-likeness (QED) is 0.462. The molecule has 3 aromatic rings. The van der Waals surface area contributed by atoms with Crippen LogP contribution in [0.15, 0.2) is 23.0 Å². The first-order valence-corrected chi connectivity index (χ1v) is 13.4. The Kier molecular flexibility index (Phi) is 7.89. The van der Waals surface area contributed by atoms with Gasteiger partial charge in [-0.05, 0) is 43.0 Å². The van der Waals surface area contributed by atoms with Crippen molar-refractivity contribution >= 4 is 40.2 Å². The molecule has 0 aliphatic carbocycles. The molecular formula is C26H29ClF3N7O3. The van der Waals surface area contributed by atoms with Gasteiger partial charge >= 0.3 is 6.18 Å². The van der Waals surface area contributed by atoms with Gasteiger partial charge in [0.15, 0.2) is 5.82 Å². The SMILES string of the molecule is CCc1c(N2CCNCC2)c(=O)n2nc(C3=CCOCC3)nc2n1CC(=O)Nc1cc(C)cc(C(F)(F)F)c1Cl. The smallest absolute Gasteiger partial charge is 0.377 e. The summed E-state index contributed by atoms with van der Waals surface area (Å²) in [7, 11) is 0. The van der Waals surface area contributed by atoms with E-state index < -0.39 is 22.7 Å². The van der Waals surface area contributed by atoms with Crippen molar-refractivity contribution in [1.82, 2.24) is 24.5 Å². The highest BCUT2D eigenvalue weighted by Gasteiger charge is 2.35. The number of nitrogens with zero attached hydrogens (tertiary/aromatic N) is 5. The summed E-state index contributed by atoms with van der Waals surface area (Å²) in [6, 6.07) is 2.32. The number of ether oxygens (including phenoxy) is 1. The van der Waals surface area contributed by atoms with Crippen molar-refractivity contribution in [3.8, 4) is 0 Å². The Balaban J connectivity index is 1.60. The van der Waals surface area contributed by atoms with Crippen molar-refractivity contribution in [3.05, 3.63) is 56.2 Å². The lowest BCUT2D eigenvalue weighted by atomic mass is 10.1. The standard InChI is InChI=1S/C26H29ClF3N7O3/c1-3-19-22(35-8-6-31-7-9-35)24(39)37-25(33-23(34-37)16-4-10-40-11-5-16)36(19)14-20(38)32-18-13-15(2)12-17(21(18)27)26(28,29)30/h4,12-13,31H,3,5-11,14H2,1-2H3,(H,32,38). The van der Waals surface area contributed by atoms with E-state index in [-0.39, 0.29) is 23.6 Å². The van der Waals surface area contributed by atoms with E-state index in [4.69, 9.17) is 16.3 Å². The van der Waals surface area contributed by atoms with E-state index in [9.17, 15) is 22.8 Å². The second-order valence-corrected chi connectivity index (χ2v) is 10.1. The number of alkyl halides is 3. The zero-order chi connectivity index (χ0) is 28.6. The van der Waals surface area contributed by atoms with Gasteiger partial charge in [0.25, 0.3) is 5.56 Å². The summed E-state index contributed by atoms with van der Waals surface area (Å²) in [5, 5.41) is 9.72. The topological polar surface area (TPSA) is 106 Å². The van der Waals surface area contributed by atoms with Crippen LogP contribution in [0.1, 0.15) is 36.0 Å². The van der Waals surface area contributed by atoms with Gasteiger partial charge in [0, 0.05) is 26.2 Å². The number of aromatic nitrogens is 4. The van der Waals surface area contributed by atoms with E-state index >= 15 is 0 Å². The molecule has 0 atom stereocenters. The van der Waals surface area contributed by atoms with Crippen molar-refractivity contribution in [2.75, 3.05) is 49.6 Å². The van der Waals surface area contributed by atoms with Crippen LogP contribution in [0, 0.1) is 6.92 Å². The molecule has 1 aromatic carbocycles. The predicted molar refractivity (Wildman–Crippen MR) is 145 cm³/mol. The summed E-state index contributed by atoms with van der Waals surface area (Å²) in [6.45, 7) is 6.48. The van der Waals surface area contributed by atoms with Gasteiger partial charge in [0.1, 0.15) is 12.2 Å². The molecule has 2 aromatic heterocycles. The van der Waals surface area contributed by atoms with Gasteiger partial charge in [-0.2, -0.15) is 22.7 Å². The molecule has 14 heteroatoms. The maximum atomic E-state index is 13.8. The van der Waals surface area contributed by atoms with Crippen LogP contribution in [0.5, 0.6) is 0 Å². The second kappa shape index (κ2) is 11.2. The number of hydrogen-bond acceptors (Lipinski definition) is 7. The van der Waals surface area contributed by atoms with Crippen LogP contribution in [0.3, 0.4) is 0 Å². The largest absolute Gasteiger partial charge is 0.417 e. The maximum Gasteiger partial charge on any atom is 0.417 e. The summed E-state index contributed by atoms with van der Waals surface area (Å²) in [5.41, 5.74) is 0.616. The van der Waals surface area contributed by atoms with Crippen molar-refractivity contribution in [1.29, 1.82) is 0 Å². The number of hydrogen-bond donors (Lipinski definition) is 2. The third-order valence-corrected chi connectivity index (χ3v) is 7.35. The zero-order valence-corrected chi connectivity index (χ0v) is 22.8. The molecule has 0 spiro atoms. The molecule has 0 bridgehead atoms. The molecule has 2 aliphatic rings. The number of amides is 1. The highest BCUT2D eigenvalue weighted by atomic mass is 35.5. The predicted octanol–water partition coefficient (Wildman–Crippen LogP) is 3.29. The summed E-state index contributed by atoms with van der Waals surface area (Å²) >= 11 is 6.06. The Bertz CT molecular complexity index is 1540. The molecule has 0 radical (unpaired) electrons. The van der Waals surface area contributed by atoms with Crippen molar-refractivity contribution in [3.63, 3.8) is 0 Å². The summed E-state index contributed by atoms with van der Waals surface area (Å²) < 4.78 is 48.7. The fourth-order valence-electron chi connectivity index (χ4n) is 5.08. The summed E-state index contributed by atoms with van der Waals surface area (Å²) in [4.78, 5) is 33.7. The third kappa shape index (κ3) is 5.45. The average Bonchev–Trinajstić information content (AvgIpc) is 3.38. The number of benzene rings is 1. The van der Waals surface area contributed by atoms with Crippen LogP contribution in [-0.2, 0) is 28.7 Å². The minimum Gasteiger partial charge on any atom is -0.377 e. The molecule has 2 N–H and O–H groups in total. The molecule has 1 amide bonds. The van der Waals surface area contributed by atoms with Crippen LogP contribution in [-0.4, -0.2) is 64.5 Å². The number of anilines is 2. The Labute approximate surface area is 232 Å². The van der Waals surface area contributed by atoms with Crippen molar-refractivity contribution < 1.29 is 22.7 Å². The number of fused-ring (bicyclic) bond motifs is 1. The number of nitrogens with one attached hydrogen (secondary N) is 2. The Morgan fingerprint density at radius 2 is 2.00 bits per heavy atom. The fraction of sp³-hybridized carbons (Fsp3) is 0.462. The first-order valence-electron chi connectivity index (χ1n) is 13.0. The highest BCUT2D eigenvalue weighted by Crippen LogP contribution is 2.39. The summed E-state index contributed by atoms with van der Waals surface area (Å²) in [6.07, 6.45) is -1.85. The Hall–Kier alpha value is -3.42. The Morgan fingerprint density at radius 1 is 1.25 bits per heavy atom. The van der Waals surface area contributed by atoms with Crippen LogP contribution in [0.4, 0.5) is 24.5 Å². The minimum atomic E-state index is -4.68. The van der Waals surface area contributed by atoms with Crippen LogP contribution in [0.2, 0.25) is 5.02 Å². The van der Waals surface area contributed by atoms with E-state index in [1.807, 2.05) is 17.9 Å². The second-order valence-electron chi connectivity index (χ2n) is 9.70. The zero-order valence-electron chi connectivity index (χ0n) is 22.1. The first kappa shape index (κ1) is 28.1. The Morgan fingerprint density at radius 3 is 2.65 bits per heavy atom. The van der Waals surface area contributed by atoms with Crippen LogP contribution in [0.25, 0.3) is 11.4 Å². The average molecular weight is 580 g/mol. The maximum absolute atomic E-state index is 13.8. The molecule has 0 saturated carbocycles. The van der Waals surface area contributed by atoms with Crippen molar-refractivity contribution in [2.24, 2.45) is 0 Å². The number of aryl methyl sites for hydroxylation is 1. The molecule has 10 nitrogen and oxygen atoms in total. The number of halogens is 4. The molecule has 2 aliphatic heterocycles. The van der Waals surface area contributed by atoms with Gasteiger partial charge in [-0.3, -0.25) is 9.59 Å². The van der Waals surface area contributed by atoms with E-state index in [2.05, 4.69) is 20.7 Å². The fourth-order valence-corrected chi connectivity index (χ4v) is 5.35. The normalized spacial score (nSPS) is 16.4. The minimum absolute atomic E-state index is 0.147. The molecule has 214 valence electrons. The monoisotopic (exact) mass is 579 g/mol. The lowest BCUT2D eigenvalue weighted by molar-refractivity contribution is -0.137. The van der Waals surface area contributed by atoms with E-state index in [1.54, 1.807) is 4.57 Å². The van der Waals surface area contributed by atoms with E-state index in [1.165, 1.54) is 17.5 Å². The van der Waals surface area contributed by atoms with Gasteiger partial charge in [-0.15, -0.1) is 5.10 Å². The van der Waals surface area contributed by atoms with E-state index in [0.717, 1.165) is 11.6 Å². The van der Waals surface area contributed by atoms with Crippen LogP contribution >= 0.6 is 11.6 Å². The summed E-state index contributed by atoms with van der Waals surface area (Å²) in [5.74, 6) is -0.0859. The lowest BCUT2D eigenvalue weighted by Crippen LogP contribution is -2.47. The molecule has 5 rings (SSSR count). The van der Waals surface area contributed by atoms with E-state index in [0.29, 0.717) is 75.0 Å². The van der Waals surface area contributed by atoms with Crippen molar-refractivity contribution in [2.45, 2.75) is 39.4 Å².